The number of amides is 1. The predicted molar refractivity (Wildman–Crippen MR) is 131 cm³/mol. The van der Waals surface area contributed by atoms with E-state index in [-0.39, 0.29) is 33.5 Å². The van der Waals surface area contributed by atoms with Gasteiger partial charge in [-0.15, -0.1) is 11.3 Å². The molecule has 1 amide bonds. The van der Waals surface area contributed by atoms with Gasteiger partial charge in [0.1, 0.15) is 0 Å². The van der Waals surface area contributed by atoms with E-state index in [0.717, 1.165) is 31.8 Å². The zero-order valence-corrected chi connectivity index (χ0v) is 21.4. The van der Waals surface area contributed by atoms with Crippen LogP contribution in [0.1, 0.15) is 54.9 Å². The van der Waals surface area contributed by atoms with Crippen LogP contribution in [0.2, 0.25) is 5.02 Å². The Labute approximate surface area is 200 Å². The van der Waals surface area contributed by atoms with Gasteiger partial charge in [0.15, 0.2) is 0 Å². The molecule has 3 rings (SSSR count). The third kappa shape index (κ3) is 5.72. The maximum absolute atomic E-state index is 13.0. The summed E-state index contributed by atoms with van der Waals surface area (Å²) < 4.78 is 27.0. The van der Waals surface area contributed by atoms with Crippen molar-refractivity contribution in [3.63, 3.8) is 0 Å². The second-order valence-corrected chi connectivity index (χ2v) is 12.1. The molecule has 1 fully saturated rings. The Kier molecular flexibility index (Phi) is 8.38. The molecule has 1 aromatic heterocycles. The molecule has 1 aliphatic heterocycles. The molecule has 9 heteroatoms. The van der Waals surface area contributed by atoms with Crippen LogP contribution in [0.5, 0.6) is 0 Å². The first-order chi connectivity index (χ1) is 15.1. The number of nitrogens with one attached hydrogen (secondary N) is 1. The summed E-state index contributed by atoms with van der Waals surface area (Å²) in [5, 5.41) is 5.28. The van der Waals surface area contributed by atoms with Gasteiger partial charge in [0, 0.05) is 24.5 Å². The zero-order chi connectivity index (χ0) is 23.5. The minimum absolute atomic E-state index is 0.0584. The molecule has 0 spiro atoms. The molecule has 6 nitrogen and oxygen atoms in total. The number of carbonyl (C=O) groups is 1. The molecule has 1 aromatic carbocycles. The largest absolute Gasteiger partial charge is 0.350 e. The van der Waals surface area contributed by atoms with Crippen molar-refractivity contribution in [3.8, 4) is 0 Å². The standard InChI is InChI=1S/C23H32ClN3O3S2/c1-16(2)26(4)32(29,30)18-7-8-20(24)19(14-18)23(28)25-15-21(22-6-5-13-31-22)27-11-9-17(3)10-12-27/h5-8,13-14,16-17,21H,9-12,15H2,1-4H3,(H,25,28). The summed E-state index contributed by atoms with van der Waals surface area (Å²) in [6.45, 7) is 8.30. The van der Waals surface area contributed by atoms with Crippen molar-refractivity contribution < 1.29 is 13.2 Å². The van der Waals surface area contributed by atoms with Crippen LogP contribution in [0.4, 0.5) is 0 Å². The number of piperidine rings is 1. The number of benzene rings is 1. The van der Waals surface area contributed by atoms with E-state index in [2.05, 4.69) is 23.2 Å². The number of sulfonamides is 1. The number of hydrogen-bond donors (Lipinski definition) is 1. The summed E-state index contributed by atoms with van der Waals surface area (Å²) in [6, 6.07) is 8.29. The van der Waals surface area contributed by atoms with Crippen LogP contribution in [0.25, 0.3) is 0 Å². The van der Waals surface area contributed by atoms with Crippen LogP contribution in [0.3, 0.4) is 0 Å². The monoisotopic (exact) mass is 497 g/mol. The summed E-state index contributed by atoms with van der Waals surface area (Å²) in [6.07, 6.45) is 2.29. The predicted octanol–water partition coefficient (Wildman–Crippen LogP) is 4.63. The summed E-state index contributed by atoms with van der Waals surface area (Å²) in [4.78, 5) is 16.7. The lowest BCUT2D eigenvalue weighted by atomic mass is 9.97. The van der Waals surface area contributed by atoms with Crippen LogP contribution in [0, 0.1) is 5.92 Å². The lowest BCUT2D eigenvalue weighted by Gasteiger charge is -2.36. The first-order valence-electron chi connectivity index (χ1n) is 10.9. The van der Waals surface area contributed by atoms with Gasteiger partial charge < -0.3 is 5.32 Å². The molecule has 1 aliphatic rings. The highest BCUT2D eigenvalue weighted by molar-refractivity contribution is 7.89. The molecule has 0 saturated carbocycles. The Morgan fingerprint density at radius 2 is 1.97 bits per heavy atom. The van der Waals surface area contributed by atoms with Crippen molar-refractivity contribution in [1.82, 2.24) is 14.5 Å². The molecule has 1 N–H and O–H groups in total. The van der Waals surface area contributed by atoms with Gasteiger partial charge in [-0.25, -0.2) is 8.42 Å². The third-order valence-electron chi connectivity index (χ3n) is 6.17. The Balaban J connectivity index is 1.78. The number of carbonyl (C=O) groups excluding carboxylic acids is 1. The van der Waals surface area contributed by atoms with E-state index in [1.807, 2.05) is 11.4 Å². The quantitative estimate of drug-likeness (QED) is 0.577. The lowest BCUT2D eigenvalue weighted by Crippen LogP contribution is -2.41. The van der Waals surface area contributed by atoms with E-state index in [1.54, 1.807) is 25.2 Å². The number of thiophene rings is 1. The summed E-state index contributed by atoms with van der Waals surface area (Å²) in [5.41, 5.74) is 0.169. The van der Waals surface area contributed by atoms with Crippen LogP contribution in [-0.2, 0) is 10.0 Å². The van der Waals surface area contributed by atoms with Gasteiger partial charge >= 0.3 is 0 Å². The Bertz CT molecular complexity index is 1020. The van der Waals surface area contributed by atoms with E-state index in [4.69, 9.17) is 11.6 Å². The van der Waals surface area contributed by atoms with E-state index >= 15 is 0 Å². The van der Waals surface area contributed by atoms with E-state index in [9.17, 15) is 13.2 Å². The van der Waals surface area contributed by atoms with Gasteiger partial charge in [0.05, 0.1) is 21.5 Å². The molecule has 2 aromatic rings. The fraction of sp³-hybridized carbons (Fsp3) is 0.522. The summed E-state index contributed by atoms with van der Waals surface area (Å²) in [7, 11) is -2.18. The Hall–Kier alpha value is -1.45. The lowest BCUT2D eigenvalue weighted by molar-refractivity contribution is 0.0915. The Morgan fingerprint density at radius 1 is 1.28 bits per heavy atom. The zero-order valence-electron chi connectivity index (χ0n) is 19.0. The molecule has 0 radical (unpaired) electrons. The minimum Gasteiger partial charge on any atom is -0.350 e. The molecule has 0 aliphatic carbocycles. The number of likely N-dealkylation sites (tertiary alicyclic amines) is 1. The fourth-order valence-corrected chi connectivity index (χ4v) is 6.26. The molecule has 1 atom stereocenters. The second-order valence-electron chi connectivity index (χ2n) is 8.72. The topological polar surface area (TPSA) is 69.7 Å². The van der Waals surface area contributed by atoms with Gasteiger partial charge in [-0.1, -0.05) is 24.6 Å². The van der Waals surface area contributed by atoms with Gasteiger partial charge in [0.25, 0.3) is 5.91 Å². The number of halogens is 1. The molecule has 0 bridgehead atoms. The summed E-state index contributed by atoms with van der Waals surface area (Å²) in [5.74, 6) is 0.350. The maximum atomic E-state index is 13.0. The SMILES string of the molecule is CC1CCN(C(CNC(=O)c2cc(S(=O)(=O)N(C)C(C)C)ccc2Cl)c2cccs2)CC1. The van der Waals surface area contributed by atoms with E-state index < -0.39 is 10.0 Å². The maximum Gasteiger partial charge on any atom is 0.252 e. The van der Waals surface area contributed by atoms with Crippen molar-refractivity contribution in [1.29, 1.82) is 0 Å². The number of rotatable bonds is 8. The van der Waals surface area contributed by atoms with Crippen LogP contribution in [-0.4, -0.2) is 56.3 Å². The summed E-state index contributed by atoms with van der Waals surface area (Å²) >= 11 is 7.97. The fourth-order valence-electron chi connectivity index (χ4n) is 3.80. The average molecular weight is 498 g/mol. The van der Waals surface area contributed by atoms with Crippen LogP contribution >= 0.6 is 22.9 Å². The third-order valence-corrected chi connectivity index (χ3v) is 9.51. The van der Waals surface area contributed by atoms with Crippen molar-refractivity contribution in [2.75, 3.05) is 26.7 Å². The highest BCUT2D eigenvalue weighted by Crippen LogP contribution is 2.29. The van der Waals surface area contributed by atoms with Gasteiger partial charge in [-0.05, 0) is 75.3 Å². The first kappa shape index (κ1) is 25.2. The Morgan fingerprint density at radius 3 is 2.56 bits per heavy atom. The molecule has 2 heterocycles. The van der Waals surface area contributed by atoms with Gasteiger partial charge in [-0.2, -0.15) is 4.31 Å². The highest BCUT2D eigenvalue weighted by atomic mass is 35.5. The first-order valence-corrected chi connectivity index (χ1v) is 13.6. The van der Waals surface area contributed by atoms with Crippen LogP contribution < -0.4 is 5.32 Å². The number of hydrogen-bond acceptors (Lipinski definition) is 5. The number of nitrogens with zero attached hydrogens (tertiary/aromatic N) is 2. The molecule has 176 valence electrons. The molecular formula is C23H32ClN3O3S2. The van der Waals surface area contributed by atoms with E-state index in [0.29, 0.717) is 6.54 Å². The second kappa shape index (κ2) is 10.7. The van der Waals surface area contributed by atoms with Gasteiger partial charge in [0.2, 0.25) is 10.0 Å². The average Bonchev–Trinajstić information content (AvgIpc) is 3.29. The van der Waals surface area contributed by atoms with Crippen molar-refractivity contribution in [2.45, 2.75) is 50.6 Å². The van der Waals surface area contributed by atoms with Crippen LogP contribution in [0.15, 0.2) is 40.6 Å². The normalized spacial score (nSPS) is 17.1. The highest BCUT2D eigenvalue weighted by Gasteiger charge is 2.28. The van der Waals surface area contributed by atoms with Crippen molar-refractivity contribution in [2.24, 2.45) is 5.92 Å². The molecule has 1 unspecified atom stereocenters. The molecule has 1 saturated heterocycles. The minimum atomic E-state index is -3.71. The molecular weight excluding hydrogens is 466 g/mol. The smallest absolute Gasteiger partial charge is 0.252 e. The van der Waals surface area contributed by atoms with Crippen molar-refractivity contribution >= 4 is 38.9 Å². The van der Waals surface area contributed by atoms with E-state index in [1.165, 1.54) is 34.4 Å². The van der Waals surface area contributed by atoms with Gasteiger partial charge in [-0.3, -0.25) is 9.69 Å². The van der Waals surface area contributed by atoms with Crippen molar-refractivity contribution in [3.05, 3.63) is 51.2 Å². The molecule has 32 heavy (non-hydrogen) atoms.